The monoisotopic (exact) mass is 1080 g/mol. The number of carboxylic acid groups (broad SMARTS) is 2. The Labute approximate surface area is 423 Å². The first-order valence-corrected chi connectivity index (χ1v) is 25.1. The number of phenols is 1. The van der Waals surface area contributed by atoms with Gasteiger partial charge >= 0.3 is 29.2 Å². The molecular formula is C47H59F7N6O11S2. The fraction of sp³-hybridized carbons (Fsp3) is 0.574. The normalized spacial score (nSPS) is 16.4. The van der Waals surface area contributed by atoms with Gasteiger partial charge in [0.15, 0.2) is 0 Å². The lowest BCUT2D eigenvalue weighted by molar-refractivity contribution is -0.193. The van der Waals surface area contributed by atoms with Crippen molar-refractivity contribution in [3.05, 3.63) is 78.6 Å². The zero-order valence-electron chi connectivity index (χ0n) is 40.1. The number of aromatic hydroxyl groups is 1. The Morgan fingerprint density at radius 1 is 0.932 bits per heavy atom. The van der Waals surface area contributed by atoms with Gasteiger partial charge < -0.3 is 49.6 Å². The topological polar surface area (TPSA) is 224 Å². The maximum atomic E-state index is 15.8. The molecule has 2 amide bonds. The van der Waals surface area contributed by atoms with Crippen LogP contribution in [0.15, 0.2) is 40.5 Å². The number of aromatic nitrogens is 2. The molecule has 3 fully saturated rings. The Morgan fingerprint density at radius 3 is 2.22 bits per heavy atom. The number of fused-ring (bicyclic) bond motifs is 1. The van der Waals surface area contributed by atoms with Crippen LogP contribution < -0.4 is 10.2 Å². The minimum atomic E-state index is -5.08. The molecule has 0 radical (unpaired) electrons. The number of aromatic amines is 1. The van der Waals surface area contributed by atoms with Gasteiger partial charge in [0.05, 0.1) is 48.1 Å². The highest BCUT2D eigenvalue weighted by Gasteiger charge is 2.42. The van der Waals surface area contributed by atoms with Gasteiger partial charge in [-0.15, -0.1) is 11.3 Å². The van der Waals surface area contributed by atoms with Crippen LogP contribution in [0, 0.1) is 5.82 Å². The summed E-state index contributed by atoms with van der Waals surface area (Å²) in [5.41, 5.74) is 2.83. The lowest BCUT2D eigenvalue weighted by Gasteiger charge is -2.47. The van der Waals surface area contributed by atoms with Gasteiger partial charge in [0, 0.05) is 75.4 Å². The zero-order valence-corrected chi connectivity index (χ0v) is 41.8. The van der Waals surface area contributed by atoms with Crippen LogP contribution in [-0.4, -0.2) is 167 Å². The molecule has 404 valence electrons. The number of ether oxygens (including phenoxy) is 3. The number of aliphatic carboxylic acids is 2. The number of hydrogen-bond acceptors (Lipinski definition) is 14. The van der Waals surface area contributed by atoms with Gasteiger partial charge in [-0.2, -0.15) is 26.3 Å². The van der Waals surface area contributed by atoms with E-state index in [9.17, 15) is 45.8 Å². The van der Waals surface area contributed by atoms with Crippen molar-refractivity contribution in [3.8, 4) is 5.75 Å². The Morgan fingerprint density at radius 2 is 1.59 bits per heavy atom. The summed E-state index contributed by atoms with van der Waals surface area (Å²) in [4.78, 5) is 69.6. The summed E-state index contributed by atoms with van der Waals surface area (Å²) in [6.07, 6.45) is -5.71. The van der Waals surface area contributed by atoms with Crippen molar-refractivity contribution in [3.63, 3.8) is 0 Å². The number of nitrogens with one attached hydrogen (secondary N) is 2. The van der Waals surface area contributed by atoms with E-state index in [0.29, 0.717) is 101 Å². The van der Waals surface area contributed by atoms with Gasteiger partial charge in [0.2, 0.25) is 5.91 Å². The van der Waals surface area contributed by atoms with Crippen molar-refractivity contribution in [1.29, 1.82) is 0 Å². The van der Waals surface area contributed by atoms with Crippen molar-refractivity contribution < 1.29 is 79.4 Å². The molecule has 2 aromatic heterocycles. The van der Waals surface area contributed by atoms with Crippen molar-refractivity contribution in [2.45, 2.75) is 95.3 Å². The Balaban J connectivity index is 0.000000619. The number of benzene rings is 2. The first-order valence-electron chi connectivity index (χ1n) is 23.4. The molecule has 0 atom stereocenters. The summed E-state index contributed by atoms with van der Waals surface area (Å²) in [7, 11) is 0. The Bertz CT molecular complexity index is 2500. The van der Waals surface area contributed by atoms with Crippen molar-refractivity contribution in [1.82, 2.24) is 30.0 Å². The molecular weight excluding hydrogens is 1020 g/mol. The summed E-state index contributed by atoms with van der Waals surface area (Å²) >= 11 is 2.63. The number of alkyl halides is 6. The van der Waals surface area contributed by atoms with Gasteiger partial charge in [0.1, 0.15) is 22.8 Å². The third-order valence-electron chi connectivity index (χ3n) is 12.2. The second kappa shape index (κ2) is 26.8. The van der Waals surface area contributed by atoms with Crippen molar-refractivity contribution in [2.75, 3.05) is 78.8 Å². The number of amides is 2. The quantitative estimate of drug-likeness (QED) is 0.0557. The van der Waals surface area contributed by atoms with E-state index < -0.39 is 29.9 Å². The first kappa shape index (κ1) is 58.6. The number of halogens is 7. The zero-order chi connectivity index (χ0) is 53.5. The number of H-pyrrole nitrogens is 1. The fourth-order valence-corrected chi connectivity index (χ4v) is 10.1. The van der Waals surface area contributed by atoms with Crippen LogP contribution in [-0.2, 0) is 48.0 Å². The number of carbonyl (C=O) groups is 4. The van der Waals surface area contributed by atoms with Gasteiger partial charge in [-0.1, -0.05) is 49.4 Å². The number of rotatable bonds is 17. The lowest BCUT2D eigenvalue weighted by atomic mass is 9.89. The minimum absolute atomic E-state index is 0.0326. The minimum Gasteiger partial charge on any atom is -0.506 e. The number of piperidine rings is 1. The molecule has 3 saturated heterocycles. The predicted octanol–water partition coefficient (Wildman–Crippen LogP) is 6.58. The number of carbonyl (C=O) groups excluding carboxylic acids is 2. The molecule has 0 bridgehead atoms. The molecule has 17 nitrogen and oxygen atoms in total. The Kier molecular flexibility index (Phi) is 21.5. The van der Waals surface area contributed by atoms with Crippen LogP contribution in [0.1, 0.15) is 84.1 Å². The maximum absolute atomic E-state index is 15.8. The number of thiazole rings is 2. The van der Waals surface area contributed by atoms with Crippen LogP contribution in [0.2, 0.25) is 0 Å². The highest BCUT2D eigenvalue weighted by Crippen LogP contribution is 2.33. The average Bonchev–Trinajstić information content (AvgIpc) is 4.01. The molecule has 2 aromatic carbocycles. The SMILES string of the molecule is CC(C)c1nc(C(=O)N2CCOC3(CCN(Cc4cccc(CCOCCC(=O)N(CCNCCc5ccc(O)c6[nH]c(=O)sc56)C5CCOCC5)c4F)CC3)C2)cs1.O=C(O)C(F)(F)F.O=C(O)C(F)(F)F. The number of carboxylic acids is 2. The van der Waals surface area contributed by atoms with Crippen molar-refractivity contribution in [2.24, 2.45) is 0 Å². The van der Waals surface area contributed by atoms with E-state index in [1.165, 1.54) is 11.3 Å². The van der Waals surface area contributed by atoms with Crippen LogP contribution in [0.25, 0.3) is 10.2 Å². The molecule has 7 rings (SSSR count). The molecule has 73 heavy (non-hydrogen) atoms. The summed E-state index contributed by atoms with van der Waals surface area (Å²) in [5.74, 6) is -5.37. The summed E-state index contributed by atoms with van der Waals surface area (Å²) in [5, 5.41) is 30.6. The highest BCUT2D eigenvalue weighted by molar-refractivity contribution is 7.16. The highest BCUT2D eigenvalue weighted by atomic mass is 32.1. The molecule has 0 saturated carbocycles. The number of nitrogens with zero attached hydrogens (tertiary/aromatic N) is 4. The molecule has 5 heterocycles. The summed E-state index contributed by atoms with van der Waals surface area (Å²) < 4.78 is 97.8. The van der Waals surface area contributed by atoms with E-state index >= 15 is 4.39 Å². The maximum Gasteiger partial charge on any atom is 0.490 e. The fourth-order valence-electron chi connectivity index (χ4n) is 8.35. The smallest absolute Gasteiger partial charge is 0.490 e. The molecule has 3 aliphatic heterocycles. The molecule has 3 aliphatic rings. The number of hydrogen-bond donors (Lipinski definition) is 5. The van der Waals surface area contributed by atoms with Crippen LogP contribution in [0.5, 0.6) is 5.75 Å². The molecule has 5 N–H and O–H groups in total. The second-order valence-electron chi connectivity index (χ2n) is 17.8. The van der Waals surface area contributed by atoms with Crippen LogP contribution in [0.4, 0.5) is 30.7 Å². The van der Waals surface area contributed by atoms with E-state index in [0.717, 1.165) is 65.4 Å². The molecule has 26 heteroatoms. The third kappa shape index (κ3) is 17.4. The van der Waals surface area contributed by atoms with Gasteiger partial charge in [-0.25, -0.2) is 19.0 Å². The molecule has 4 aromatic rings. The molecule has 0 aliphatic carbocycles. The van der Waals surface area contributed by atoms with E-state index in [1.807, 2.05) is 33.4 Å². The van der Waals surface area contributed by atoms with E-state index in [2.05, 4.69) is 34.0 Å². The molecule has 0 unspecified atom stereocenters. The Hall–Kier alpha value is -5.25. The predicted molar refractivity (Wildman–Crippen MR) is 254 cm³/mol. The van der Waals surface area contributed by atoms with Crippen LogP contribution in [0.3, 0.4) is 0 Å². The van der Waals surface area contributed by atoms with E-state index in [4.69, 9.17) is 34.0 Å². The number of phenolic OH excluding ortho intramolecular Hbond substituents is 1. The lowest BCUT2D eigenvalue weighted by Crippen LogP contribution is -2.58. The summed E-state index contributed by atoms with van der Waals surface area (Å²) in [6.45, 7) is 11.4. The largest absolute Gasteiger partial charge is 0.506 e. The van der Waals surface area contributed by atoms with Gasteiger partial charge in [-0.3, -0.25) is 19.3 Å². The van der Waals surface area contributed by atoms with Crippen molar-refractivity contribution >= 4 is 56.6 Å². The second-order valence-corrected chi connectivity index (χ2v) is 19.6. The van der Waals surface area contributed by atoms with Gasteiger partial charge in [-0.05, 0) is 62.3 Å². The van der Waals surface area contributed by atoms with Crippen LogP contribution >= 0.6 is 22.7 Å². The number of likely N-dealkylation sites (tertiary alicyclic amines) is 1. The van der Waals surface area contributed by atoms with Gasteiger partial charge in [0.25, 0.3) is 5.91 Å². The summed E-state index contributed by atoms with van der Waals surface area (Å²) in [6, 6.07) is 9.10. The van der Waals surface area contributed by atoms with E-state index in [-0.39, 0.29) is 53.2 Å². The molecule has 1 spiro atoms. The number of morpholine rings is 1. The average molecular weight is 1080 g/mol. The standard InChI is InChI=1S/C43H57FN6O7S2.2C2HF3O2/c1-29(2)40-46-34(27-58-40)41(53)49-20-25-57-43(28-49)13-17-48(18-14-43)26-32-5-3-4-30(37(32)44)9-21-55-24-12-36(52)50(33-10-22-56-23-11-33)19-16-45-15-8-31-6-7-35(51)38-39(31)59-42(54)47-38;2*3-2(4,5)1(6)7/h3-7,27,29,33,45,51H,8-26,28H2,1-2H3,(H,47,54);2*(H,6,7). The van der Waals surface area contributed by atoms with E-state index in [1.54, 1.807) is 12.1 Å². The third-order valence-corrected chi connectivity index (χ3v) is 14.3. The first-order chi connectivity index (χ1) is 34.5.